The summed E-state index contributed by atoms with van der Waals surface area (Å²) in [6.45, 7) is 0.570. The van der Waals surface area contributed by atoms with Gasteiger partial charge in [0.05, 0.1) is 17.6 Å². The second-order valence-corrected chi connectivity index (χ2v) is 5.74. The van der Waals surface area contributed by atoms with Crippen molar-refractivity contribution in [3.8, 4) is 0 Å². The number of nitrogens with one attached hydrogen (secondary N) is 1. The van der Waals surface area contributed by atoms with Gasteiger partial charge in [-0.3, -0.25) is 4.79 Å². The van der Waals surface area contributed by atoms with Crippen molar-refractivity contribution < 1.29 is 19.7 Å². The Hall–Kier alpha value is -0.650. The van der Waals surface area contributed by atoms with Crippen molar-refractivity contribution >= 4 is 5.97 Å². The van der Waals surface area contributed by atoms with Crippen LogP contribution in [0.15, 0.2) is 0 Å². The summed E-state index contributed by atoms with van der Waals surface area (Å²) in [7, 11) is 1.72. The van der Waals surface area contributed by atoms with Crippen molar-refractivity contribution in [3.05, 3.63) is 0 Å². The lowest BCUT2D eigenvalue weighted by molar-refractivity contribution is -0.144. The van der Waals surface area contributed by atoms with Gasteiger partial charge in [0.1, 0.15) is 0 Å². The fourth-order valence-corrected chi connectivity index (χ4v) is 2.84. The van der Waals surface area contributed by atoms with E-state index in [0.717, 1.165) is 12.8 Å². The van der Waals surface area contributed by atoms with Crippen LogP contribution in [-0.2, 0) is 9.53 Å². The third-order valence-corrected chi connectivity index (χ3v) is 4.41. The van der Waals surface area contributed by atoms with Crippen molar-refractivity contribution in [2.45, 2.75) is 56.3 Å². The summed E-state index contributed by atoms with van der Waals surface area (Å²) in [5.41, 5.74) is -0.718. The number of hydrogen-bond donors (Lipinski definition) is 3. The SMILES string of the molecule is COC1CC(NCC2(O)CCC(C(=O)O)CC2)C1. The number of carboxylic acid groups (broad SMARTS) is 1. The summed E-state index contributed by atoms with van der Waals surface area (Å²) in [5.74, 6) is -1.00. The number of carbonyl (C=O) groups is 1. The largest absolute Gasteiger partial charge is 0.481 e. The summed E-state index contributed by atoms with van der Waals surface area (Å²) in [6, 6.07) is 0.441. The molecule has 0 amide bonds. The predicted molar refractivity (Wildman–Crippen MR) is 66.4 cm³/mol. The Bertz CT molecular complexity index is 293. The van der Waals surface area contributed by atoms with E-state index in [4.69, 9.17) is 9.84 Å². The zero-order valence-corrected chi connectivity index (χ0v) is 10.9. The number of aliphatic hydroxyl groups is 1. The summed E-state index contributed by atoms with van der Waals surface area (Å²) >= 11 is 0. The van der Waals surface area contributed by atoms with E-state index in [1.165, 1.54) is 0 Å². The van der Waals surface area contributed by atoms with E-state index in [2.05, 4.69) is 5.32 Å². The lowest BCUT2D eigenvalue weighted by Crippen LogP contribution is -2.52. The molecule has 0 aliphatic heterocycles. The third kappa shape index (κ3) is 3.22. The third-order valence-electron chi connectivity index (χ3n) is 4.41. The molecule has 2 fully saturated rings. The van der Waals surface area contributed by atoms with Gasteiger partial charge in [0.2, 0.25) is 0 Å². The van der Waals surface area contributed by atoms with Gasteiger partial charge in [0.15, 0.2) is 0 Å². The fraction of sp³-hybridized carbons (Fsp3) is 0.923. The van der Waals surface area contributed by atoms with Crippen LogP contribution in [0.5, 0.6) is 0 Å². The standard InChI is InChI=1S/C13H23NO4/c1-18-11-6-10(7-11)14-8-13(17)4-2-9(3-5-13)12(15)16/h9-11,14,17H,2-8H2,1H3,(H,15,16). The first-order chi connectivity index (χ1) is 8.52. The van der Waals surface area contributed by atoms with E-state index >= 15 is 0 Å². The van der Waals surface area contributed by atoms with Crippen LogP contribution in [0.1, 0.15) is 38.5 Å². The highest BCUT2D eigenvalue weighted by atomic mass is 16.5. The molecule has 0 saturated heterocycles. The van der Waals surface area contributed by atoms with Crippen LogP contribution in [0.3, 0.4) is 0 Å². The molecule has 5 heteroatoms. The highest BCUT2D eigenvalue weighted by Crippen LogP contribution is 2.32. The molecule has 0 atom stereocenters. The van der Waals surface area contributed by atoms with Crippen molar-refractivity contribution in [1.82, 2.24) is 5.32 Å². The van der Waals surface area contributed by atoms with Crippen LogP contribution in [0.25, 0.3) is 0 Å². The van der Waals surface area contributed by atoms with Gasteiger partial charge in [-0.15, -0.1) is 0 Å². The van der Waals surface area contributed by atoms with Crippen LogP contribution >= 0.6 is 0 Å². The minimum atomic E-state index is -0.730. The quantitative estimate of drug-likeness (QED) is 0.677. The van der Waals surface area contributed by atoms with Crippen molar-refractivity contribution in [3.63, 3.8) is 0 Å². The van der Waals surface area contributed by atoms with Gasteiger partial charge in [-0.2, -0.15) is 0 Å². The minimum Gasteiger partial charge on any atom is -0.481 e. The number of ether oxygens (including phenoxy) is 1. The van der Waals surface area contributed by atoms with Crippen LogP contribution in [-0.4, -0.2) is 47.6 Å². The molecular formula is C13H23NO4. The summed E-state index contributed by atoms with van der Waals surface area (Å²) < 4.78 is 5.21. The average molecular weight is 257 g/mol. The van der Waals surface area contributed by atoms with E-state index in [-0.39, 0.29) is 5.92 Å². The topological polar surface area (TPSA) is 78.8 Å². The molecule has 18 heavy (non-hydrogen) atoms. The second kappa shape index (κ2) is 5.55. The molecule has 2 aliphatic rings. The number of aliphatic carboxylic acids is 1. The van der Waals surface area contributed by atoms with Crippen LogP contribution < -0.4 is 5.32 Å². The van der Waals surface area contributed by atoms with Gasteiger partial charge in [-0.05, 0) is 38.5 Å². The zero-order chi connectivity index (χ0) is 13.2. The molecule has 0 heterocycles. The Morgan fingerprint density at radius 1 is 1.39 bits per heavy atom. The molecule has 2 aliphatic carbocycles. The molecule has 3 N–H and O–H groups in total. The molecule has 0 unspecified atom stereocenters. The maximum absolute atomic E-state index is 10.8. The maximum Gasteiger partial charge on any atom is 0.306 e. The first kappa shape index (κ1) is 13.8. The van der Waals surface area contributed by atoms with Crippen molar-refractivity contribution in [2.24, 2.45) is 5.92 Å². The maximum atomic E-state index is 10.8. The Morgan fingerprint density at radius 3 is 2.50 bits per heavy atom. The highest BCUT2D eigenvalue weighted by Gasteiger charge is 2.37. The molecular weight excluding hydrogens is 234 g/mol. The molecule has 0 aromatic carbocycles. The normalized spacial score (nSPS) is 40.2. The Kier molecular flexibility index (Phi) is 4.25. The number of carboxylic acids is 1. The van der Waals surface area contributed by atoms with Crippen LogP contribution in [0.4, 0.5) is 0 Å². The van der Waals surface area contributed by atoms with Crippen molar-refractivity contribution in [2.75, 3.05) is 13.7 Å². The van der Waals surface area contributed by atoms with E-state index in [1.807, 2.05) is 0 Å². The van der Waals surface area contributed by atoms with Crippen LogP contribution in [0.2, 0.25) is 0 Å². The molecule has 0 aromatic rings. The molecule has 0 radical (unpaired) electrons. The Labute approximate surface area is 108 Å². The highest BCUT2D eigenvalue weighted by molar-refractivity contribution is 5.70. The molecule has 104 valence electrons. The van der Waals surface area contributed by atoms with E-state index in [1.54, 1.807) is 7.11 Å². The lowest BCUT2D eigenvalue weighted by Gasteiger charge is -2.40. The van der Waals surface area contributed by atoms with Gasteiger partial charge < -0.3 is 20.3 Å². The Morgan fingerprint density at radius 2 is 2.00 bits per heavy atom. The molecule has 2 rings (SSSR count). The number of rotatable bonds is 5. The van der Waals surface area contributed by atoms with Gasteiger partial charge in [-0.25, -0.2) is 0 Å². The first-order valence-corrected chi connectivity index (χ1v) is 6.74. The van der Waals surface area contributed by atoms with Crippen molar-refractivity contribution in [1.29, 1.82) is 0 Å². The van der Waals surface area contributed by atoms with E-state index < -0.39 is 11.6 Å². The number of hydrogen-bond acceptors (Lipinski definition) is 4. The molecule has 2 saturated carbocycles. The van der Waals surface area contributed by atoms with E-state index in [9.17, 15) is 9.90 Å². The Balaban J connectivity index is 1.68. The van der Waals surface area contributed by atoms with Gasteiger partial charge in [0.25, 0.3) is 0 Å². The lowest BCUT2D eigenvalue weighted by atomic mass is 9.78. The average Bonchev–Trinajstić information content (AvgIpc) is 2.28. The zero-order valence-electron chi connectivity index (χ0n) is 10.9. The van der Waals surface area contributed by atoms with E-state index in [0.29, 0.717) is 44.4 Å². The molecule has 5 nitrogen and oxygen atoms in total. The van der Waals surface area contributed by atoms with Gasteiger partial charge in [0, 0.05) is 19.7 Å². The smallest absolute Gasteiger partial charge is 0.306 e. The van der Waals surface area contributed by atoms with Gasteiger partial charge >= 0.3 is 5.97 Å². The predicted octanol–water partition coefficient (Wildman–Crippen LogP) is 0.759. The minimum absolute atomic E-state index is 0.271. The second-order valence-electron chi connectivity index (χ2n) is 5.74. The number of methoxy groups -OCH3 is 1. The summed E-state index contributed by atoms with van der Waals surface area (Å²) in [4.78, 5) is 10.8. The molecule has 0 aromatic heterocycles. The molecule has 0 spiro atoms. The fourth-order valence-electron chi connectivity index (χ4n) is 2.84. The summed E-state index contributed by atoms with van der Waals surface area (Å²) in [6.07, 6.45) is 4.70. The molecule has 0 bridgehead atoms. The van der Waals surface area contributed by atoms with Gasteiger partial charge in [-0.1, -0.05) is 0 Å². The van der Waals surface area contributed by atoms with Crippen LogP contribution in [0, 0.1) is 5.92 Å². The first-order valence-electron chi connectivity index (χ1n) is 6.74. The summed E-state index contributed by atoms with van der Waals surface area (Å²) in [5, 5.41) is 22.7. The monoisotopic (exact) mass is 257 g/mol.